The van der Waals surface area contributed by atoms with Crippen LogP contribution in [-0.4, -0.2) is 43.2 Å². The monoisotopic (exact) mass is 299 g/mol. The largest absolute Gasteiger partial charge is 0.297 e. The minimum atomic E-state index is -3.16. The van der Waals surface area contributed by atoms with Crippen molar-refractivity contribution in [3.8, 4) is 0 Å². The highest BCUT2D eigenvalue weighted by Crippen LogP contribution is 2.23. The maximum Gasteiger partial charge on any atom is 0.180 e. The number of benzene rings is 1. The fraction of sp³-hybridized carbons (Fsp3) is 0.571. The molecule has 1 saturated heterocycles. The number of sulfone groups is 1. The lowest BCUT2D eigenvalue weighted by atomic mass is 10.1. The first-order valence-electron chi connectivity index (χ1n) is 6.51. The third kappa shape index (κ3) is 3.33. The van der Waals surface area contributed by atoms with Gasteiger partial charge < -0.3 is 0 Å². The van der Waals surface area contributed by atoms with Crippen LogP contribution in [0.1, 0.15) is 19.4 Å². The lowest BCUT2D eigenvalue weighted by Crippen LogP contribution is -2.48. The predicted octanol–water partition coefficient (Wildman–Crippen LogP) is 2.42. The average molecular weight is 299 g/mol. The molecular formula is C14H21NO2S2. The second-order valence-electron chi connectivity index (χ2n) is 5.29. The van der Waals surface area contributed by atoms with Crippen LogP contribution in [0.2, 0.25) is 0 Å². The Balaban J connectivity index is 2.08. The second kappa shape index (κ2) is 5.85. The Morgan fingerprint density at radius 3 is 2.63 bits per heavy atom. The molecule has 1 aliphatic rings. The van der Waals surface area contributed by atoms with Crippen LogP contribution in [0.15, 0.2) is 29.2 Å². The zero-order valence-corrected chi connectivity index (χ0v) is 13.3. The van der Waals surface area contributed by atoms with Crippen LogP contribution in [0.3, 0.4) is 0 Å². The Bertz CT molecular complexity index is 534. The molecule has 0 saturated carbocycles. The highest BCUT2D eigenvalue weighted by Gasteiger charge is 2.26. The van der Waals surface area contributed by atoms with Crippen LogP contribution in [0.25, 0.3) is 0 Å². The van der Waals surface area contributed by atoms with Gasteiger partial charge >= 0.3 is 0 Å². The van der Waals surface area contributed by atoms with E-state index in [1.807, 2.05) is 30.0 Å². The summed E-state index contributed by atoms with van der Waals surface area (Å²) in [7, 11) is -3.16. The van der Waals surface area contributed by atoms with Crippen molar-refractivity contribution in [3.63, 3.8) is 0 Å². The Labute approximate surface area is 120 Å². The summed E-state index contributed by atoms with van der Waals surface area (Å²) in [5, 5.41) is 0.371. The molecule has 2 rings (SSSR count). The van der Waals surface area contributed by atoms with Gasteiger partial charge in [0.05, 0.1) is 10.1 Å². The summed E-state index contributed by atoms with van der Waals surface area (Å²) < 4.78 is 24.3. The summed E-state index contributed by atoms with van der Waals surface area (Å²) in [6.45, 7) is 6.49. The van der Waals surface area contributed by atoms with E-state index in [9.17, 15) is 8.42 Å². The van der Waals surface area contributed by atoms with Gasteiger partial charge in [0, 0.05) is 24.9 Å². The van der Waals surface area contributed by atoms with E-state index >= 15 is 0 Å². The van der Waals surface area contributed by atoms with E-state index in [1.165, 1.54) is 0 Å². The van der Waals surface area contributed by atoms with E-state index < -0.39 is 9.84 Å². The molecule has 1 heterocycles. The van der Waals surface area contributed by atoms with Gasteiger partial charge in [-0.1, -0.05) is 12.1 Å². The highest BCUT2D eigenvalue weighted by molar-refractivity contribution is 7.99. The zero-order chi connectivity index (χ0) is 14.0. The summed E-state index contributed by atoms with van der Waals surface area (Å²) in [5.41, 5.74) is 1.08. The normalized spacial score (nSPS) is 17.7. The molecule has 5 heteroatoms. The van der Waals surface area contributed by atoms with Crippen molar-refractivity contribution in [2.24, 2.45) is 0 Å². The molecule has 0 unspecified atom stereocenters. The maximum absolute atomic E-state index is 12.1. The number of thioether (sulfide) groups is 1. The quantitative estimate of drug-likeness (QED) is 0.837. The van der Waals surface area contributed by atoms with E-state index in [1.54, 1.807) is 19.9 Å². The van der Waals surface area contributed by atoms with Gasteiger partial charge in [0.1, 0.15) is 0 Å². The molecule has 1 aromatic carbocycles. The van der Waals surface area contributed by atoms with Gasteiger partial charge in [-0.2, -0.15) is 11.8 Å². The van der Waals surface area contributed by atoms with Crippen molar-refractivity contribution in [1.29, 1.82) is 0 Å². The van der Waals surface area contributed by atoms with Crippen molar-refractivity contribution in [2.75, 3.05) is 19.3 Å². The molecule has 19 heavy (non-hydrogen) atoms. The maximum atomic E-state index is 12.1. The SMILES string of the molecule is CSC1CN(Cc2cccc(S(=O)(=O)C(C)C)c2)C1. The minimum Gasteiger partial charge on any atom is -0.297 e. The topological polar surface area (TPSA) is 37.4 Å². The van der Waals surface area contributed by atoms with Gasteiger partial charge in [-0.3, -0.25) is 4.90 Å². The highest BCUT2D eigenvalue weighted by atomic mass is 32.2. The number of rotatable bonds is 5. The molecule has 0 aliphatic carbocycles. The third-order valence-corrected chi connectivity index (χ3v) is 6.63. The van der Waals surface area contributed by atoms with Crippen molar-refractivity contribution in [3.05, 3.63) is 29.8 Å². The molecule has 0 amide bonds. The van der Waals surface area contributed by atoms with Gasteiger partial charge in [-0.05, 0) is 37.8 Å². The summed E-state index contributed by atoms with van der Waals surface area (Å²) in [5.74, 6) is 0. The standard InChI is InChI=1S/C14H21NO2S2/c1-11(2)19(16,17)14-6-4-5-12(7-14)8-15-9-13(10-15)18-3/h4-7,11,13H,8-10H2,1-3H3. The third-order valence-electron chi connectivity index (χ3n) is 3.51. The van der Waals surface area contributed by atoms with E-state index in [2.05, 4.69) is 11.2 Å². The number of likely N-dealkylation sites (tertiary alicyclic amines) is 1. The van der Waals surface area contributed by atoms with Crippen LogP contribution in [0.5, 0.6) is 0 Å². The molecule has 1 fully saturated rings. The van der Waals surface area contributed by atoms with Crippen LogP contribution >= 0.6 is 11.8 Å². The Hall–Kier alpha value is -0.520. The van der Waals surface area contributed by atoms with E-state index in [4.69, 9.17) is 0 Å². The molecule has 1 aromatic rings. The van der Waals surface area contributed by atoms with Crippen molar-refractivity contribution in [2.45, 2.75) is 35.8 Å². The number of hydrogen-bond acceptors (Lipinski definition) is 4. The molecule has 0 atom stereocenters. The second-order valence-corrected chi connectivity index (χ2v) is 8.94. The fourth-order valence-electron chi connectivity index (χ4n) is 2.15. The molecule has 0 spiro atoms. The Morgan fingerprint density at radius 1 is 1.37 bits per heavy atom. The Morgan fingerprint density at radius 2 is 2.05 bits per heavy atom. The summed E-state index contributed by atoms with van der Waals surface area (Å²) in [4.78, 5) is 2.80. The Kier molecular flexibility index (Phi) is 4.58. The molecule has 0 aromatic heterocycles. The molecular weight excluding hydrogens is 278 g/mol. The predicted molar refractivity (Wildman–Crippen MR) is 81.3 cm³/mol. The summed E-state index contributed by atoms with van der Waals surface area (Å²) >= 11 is 1.90. The molecule has 3 nitrogen and oxygen atoms in total. The van der Waals surface area contributed by atoms with Crippen molar-refractivity contribution >= 4 is 21.6 Å². The van der Waals surface area contributed by atoms with Gasteiger partial charge in [0.2, 0.25) is 0 Å². The van der Waals surface area contributed by atoms with Crippen LogP contribution in [0.4, 0.5) is 0 Å². The van der Waals surface area contributed by atoms with Crippen LogP contribution < -0.4 is 0 Å². The zero-order valence-electron chi connectivity index (χ0n) is 11.7. The lowest BCUT2D eigenvalue weighted by Gasteiger charge is -2.38. The van der Waals surface area contributed by atoms with Gasteiger partial charge in [0.15, 0.2) is 9.84 Å². The first-order chi connectivity index (χ1) is 8.93. The van der Waals surface area contributed by atoms with Crippen molar-refractivity contribution < 1.29 is 8.42 Å². The van der Waals surface area contributed by atoms with Crippen LogP contribution in [-0.2, 0) is 16.4 Å². The smallest absolute Gasteiger partial charge is 0.180 e. The van der Waals surface area contributed by atoms with E-state index in [0.29, 0.717) is 4.90 Å². The first-order valence-corrected chi connectivity index (χ1v) is 9.35. The summed E-state index contributed by atoms with van der Waals surface area (Å²) in [6, 6.07) is 7.36. The lowest BCUT2D eigenvalue weighted by molar-refractivity contribution is 0.182. The minimum absolute atomic E-state index is 0.368. The van der Waals surface area contributed by atoms with E-state index in [-0.39, 0.29) is 5.25 Å². The van der Waals surface area contributed by atoms with Crippen molar-refractivity contribution in [1.82, 2.24) is 4.90 Å². The number of nitrogens with zero attached hydrogens (tertiary/aromatic N) is 1. The average Bonchev–Trinajstić information content (AvgIpc) is 2.33. The fourth-order valence-corrected chi connectivity index (χ4v) is 4.00. The molecule has 106 valence electrons. The molecule has 1 aliphatic heterocycles. The van der Waals surface area contributed by atoms with Gasteiger partial charge in [0.25, 0.3) is 0 Å². The summed E-state index contributed by atoms with van der Waals surface area (Å²) in [6.07, 6.45) is 2.14. The van der Waals surface area contributed by atoms with Gasteiger partial charge in [-0.15, -0.1) is 0 Å². The van der Waals surface area contributed by atoms with Crippen LogP contribution in [0, 0.1) is 0 Å². The number of hydrogen-bond donors (Lipinski definition) is 0. The molecule has 0 N–H and O–H groups in total. The first kappa shape index (κ1) is 14.9. The molecule has 0 bridgehead atoms. The van der Waals surface area contributed by atoms with E-state index in [0.717, 1.165) is 30.4 Å². The molecule has 0 radical (unpaired) electrons. The van der Waals surface area contributed by atoms with Gasteiger partial charge in [-0.25, -0.2) is 8.42 Å².